The maximum atomic E-state index is 12.9. The highest BCUT2D eigenvalue weighted by molar-refractivity contribution is 6.46. The van der Waals surface area contributed by atoms with Crippen LogP contribution < -0.4 is 0 Å². The lowest BCUT2D eigenvalue weighted by molar-refractivity contribution is -0.384. The number of carbonyl (C=O) groups is 2. The van der Waals surface area contributed by atoms with Gasteiger partial charge in [0.2, 0.25) is 0 Å². The fraction of sp³-hybridized carbons (Fsp3) is 0.273. The quantitative estimate of drug-likeness (QED) is 0.247. The SMILES string of the molecule is O=C1C(=O)N(CC2CCCO2)C(c2ccc(Cl)cc2)/C1=C(/O)c1ccc([N+](=O)[O-])cc1. The summed E-state index contributed by atoms with van der Waals surface area (Å²) in [5, 5.41) is 22.4. The molecule has 1 N–H and O–H groups in total. The van der Waals surface area contributed by atoms with E-state index in [1.54, 1.807) is 24.3 Å². The molecule has 0 spiro atoms. The molecule has 9 heteroatoms. The Kier molecular flexibility index (Phi) is 5.75. The van der Waals surface area contributed by atoms with Crippen LogP contribution in [-0.2, 0) is 14.3 Å². The number of halogens is 1. The molecule has 8 nitrogen and oxygen atoms in total. The smallest absolute Gasteiger partial charge is 0.295 e. The third-order valence-electron chi connectivity index (χ3n) is 5.50. The van der Waals surface area contributed by atoms with Crippen molar-refractivity contribution in [3.8, 4) is 0 Å². The molecule has 2 aromatic carbocycles. The van der Waals surface area contributed by atoms with Crippen molar-refractivity contribution in [1.29, 1.82) is 0 Å². The summed E-state index contributed by atoms with van der Waals surface area (Å²) in [6.07, 6.45) is 1.47. The summed E-state index contributed by atoms with van der Waals surface area (Å²) in [5.41, 5.74) is 0.605. The predicted octanol–water partition coefficient (Wildman–Crippen LogP) is 3.85. The van der Waals surface area contributed by atoms with E-state index in [1.165, 1.54) is 29.2 Å². The molecule has 2 heterocycles. The average molecular weight is 443 g/mol. The first-order chi connectivity index (χ1) is 14.9. The molecular formula is C22H19ClN2O6. The Bertz CT molecular complexity index is 1060. The molecule has 4 rings (SSSR count). The number of nitrogens with zero attached hydrogens (tertiary/aromatic N) is 2. The van der Waals surface area contributed by atoms with Gasteiger partial charge in [0.15, 0.2) is 0 Å². The number of rotatable bonds is 5. The van der Waals surface area contributed by atoms with Crippen LogP contribution in [0.3, 0.4) is 0 Å². The summed E-state index contributed by atoms with van der Waals surface area (Å²) < 4.78 is 5.65. The van der Waals surface area contributed by atoms with Gasteiger partial charge in [0.05, 0.1) is 22.6 Å². The maximum Gasteiger partial charge on any atom is 0.295 e. The number of hydrogen-bond donors (Lipinski definition) is 1. The minimum Gasteiger partial charge on any atom is -0.507 e. The Morgan fingerprint density at radius 2 is 1.84 bits per heavy atom. The molecule has 0 aliphatic carbocycles. The van der Waals surface area contributed by atoms with E-state index in [1.807, 2.05) is 0 Å². The number of amides is 1. The molecule has 31 heavy (non-hydrogen) atoms. The van der Waals surface area contributed by atoms with Gasteiger partial charge in [-0.05, 0) is 42.7 Å². The largest absolute Gasteiger partial charge is 0.507 e. The molecule has 1 amide bonds. The molecular weight excluding hydrogens is 424 g/mol. The van der Waals surface area contributed by atoms with E-state index < -0.39 is 22.7 Å². The number of Topliss-reactive ketones (excluding diaryl/α,β-unsaturated/α-hetero) is 1. The van der Waals surface area contributed by atoms with Crippen molar-refractivity contribution in [2.24, 2.45) is 0 Å². The molecule has 0 saturated carbocycles. The van der Waals surface area contributed by atoms with Crippen molar-refractivity contribution in [3.63, 3.8) is 0 Å². The van der Waals surface area contributed by atoms with Crippen LogP contribution in [0.2, 0.25) is 5.02 Å². The number of benzene rings is 2. The van der Waals surface area contributed by atoms with Gasteiger partial charge in [0, 0.05) is 35.9 Å². The summed E-state index contributed by atoms with van der Waals surface area (Å²) in [6, 6.07) is 11.0. The summed E-state index contributed by atoms with van der Waals surface area (Å²) in [7, 11) is 0. The van der Waals surface area contributed by atoms with E-state index in [-0.39, 0.29) is 35.2 Å². The van der Waals surface area contributed by atoms with Crippen LogP contribution in [0.15, 0.2) is 54.1 Å². The monoisotopic (exact) mass is 442 g/mol. The third-order valence-corrected chi connectivity index (χ3v) is 5.75. The van der Waals surface area contributed by atoms with Gasteiger partial charge < -0.3 is 14.7 Å². The number of nitro benzene ring substituents is 1. The zero-order valence-corrected chi connectivity index (χ0v) is 17.1. The van der Waals surface area contributed by atoms with Crippen molar-refractivity contribution in [1.82, 2.24) is 4.90 Å². The average Bonchev–Trinajstić information content (AvgIpc) is 3.36. The summed E-state index contributed by atoms with van der Waals surface area (Å²) in [5.74, 6) is -1.92. The lowest BCUT2D eigenvalue weighted by Crippen LogP contribution is -2.36. The van der Waals surface area contributed by atoms with E-state index in [4.69, 9.17) is 16.3 Å². The van der Waals surface area contributed by atoms with Crippen molar-refractivity contribution in [2.75, 3.05) is 13.2 Å². The lowest BCUT2D eigenvalue weighted by atomic mass is 9.95. The number of likely N-dealkylation sites (tertiary alicyclic amines) is 1. The summed E-state index contributed by atoms with van der Waals surface area (Å²) in [4.78, 5) is 37.6. The van der Waals surface area contributed by atoms with E-state index in [2.05, 4.69) is 0 Å². The zero-order valence-electron chi connectivity index (χ0n) is 16.4. The molecule has 2 aromatic rings. The van der Waals surface area contributed by atoms with E-state index in [9.17, 15) is 24.8 Å². The van der Waals surface area contributed by atoms with Crippen LogP contribution in [-0.4, -0.2) is 45.9 Å². The molecule has 2 saturated heterocycles. The molecule has 2 unspecified atom stereocenters. The van der Waals surface area contributed by atoms with Crippen molar-refractivity contribution < 1.29 is 24.4 Å². The Morgan fingerprint density at radius 1 is 1.16 bits per heavy atom. The first-order valence-corrected chi connectivity index (χ1v) is 10.1. The van der Waals surface area contributed by atoms with Gasteiger partial charge in [-0.1, -0.05) is 23.7 Å². The Balaban J connectivity index is 1.80. The molecule has 160 valence electrons. The number of ether oxygens (including phenoxy) is 1. The summed E-state index contributed by atoms with van der Waals surface area (Å²) in [6.45, 7) is 0.817. The second-order valence-electron chi connectivity index (χ2n) is 7.44. The van der Waals surface area contributed by atoms with E-state index in [0.717, 1.165) is 12.8 Å². The molecule has 0 aromatic heterocycles. The van der Waals surface area contributed by atoms with Gasteiger partial charge in [-0.25, -0.2) is 0 Å². The van der Waals surface area contributed by atoms with Gasteiger partial charge in [0.1, 0.15) is 5.76 Å². The van der Waals surface area contributed by atoms with E-state index in [0.29, 0.717) is 17.2 Å². The van der Waals surface area contributed by atoms with Crippen LogP contribution >= 0.6 is 11.6 Å². The third kappa shape index (κ3) is 4.04. The number of carbonyl (C=O) groups excluding carboxylic acids is 2. The highest BCUT2D eigenvalue weighted by Gasteiger charge is 2.47. The normalized spacial score (nSPS) is 22.8. The fourth-order valence-corrected chi connectivity index (χ4v) is 4.09. The second-order valence-corrected chi connectivity index (χ2v) is 7.88. The second kappa shape index (κ2) is 8.49. The number of ketones is 1. The first-order valence-electron chi connectivity index (χ1n) is 9.77. The van der Waals surface area contributed by atoms with Crippen LogP contribution in [0.1, 0.15) is 30.0 Å². The van der Waals surface area contributed by atoms with Gasteiger partial charge in [-0.3, -0.25) is 19.7 Å². The van der Waals surface area contributed by atoms with Gasteiger partial charge >= 0.3 is 0 Å². The van der Waals surface area contributed by atoms with Crippen molar-refractivity contribution >= 4 is 34.7 Å². The maximum absolute atomic E-state index is 12.9. The van der Waals surface area contributed by atoms with Gasteiger partial charge in [-0.2, -0.15) is 0 Å². The topological polar surface area (TPSA) is 110 Å². The number of aliphatic hydroxyl groups excluding tert-OH is 1. The number of nitro groups is 1. The number of hydrogen-bond acceptors (Lipinski definition) is 6. The van der Waals surface area contributed by atoms with Crippen molar-refractivity contribution in [2.45, 2.75) is 25.0 Å². The standard InChI is InChI=1S/C22H19ClN2O6/c23-15-7-3-13(4-8-15)19-18(20(26)14-5-9-16(10-6-14)25(29)30)21(27)22(28)24(19)12-17-2-1-11-31-17/h3-10,17,19,26H,1-2,11-12H2/b20-18-. The van der Waals surface area contributed by atoms with Crippen LogP contribution in [0.4, 0.5) is 5.69 Å². The van der Waals surface area contributed by atoms with Gasteiger partial charge in [-0.15, -0.1) is 0 Å². The van der Waals surface area contributed by atoms with Crippen LogP contribution in [0, 0.1) is 10.1 Å². The summed E-state index contributed by atoms with van der Waals surface area (Å²) >= 11 is 6.00. The van der Waals surface area contributed by atoms with Crippen molar-refractivity contribution in [3.05, 3.63) is 80.4 Å². The molecule has 2 aliphatic heterocycles. The fourth-order valence-electron chi connectivity index (χ4n) is 3.96. The predicted molar refractivity (Wildman–Crippen MR) is 113 cm³/mol. The van der Waals surface area contributed by atoms with Crippen LogP contribution in [0.25, 0.3) is 5.76 Å². The van der Waals surface area contributed by atoms with Crippen LogP contribution in [0.5, 0.6) is 0 Å². The molecule has 2 aliphatic rings. The number of non-ortho nitro benzene ring substituents is 1. The Hall–Kier alpha value is -3.23. The Labute approximate surface area is 182 Å². The molecule has 0 radical (unpaired) electrons. The first kappa shape index (κ1) is 21.0. The molecule has 2 atom stereocenters. The number of aliphatic hydroxyl groups is 1. The minimum absolute atomic E-state index is 0.0702. The van der Waals surface area contributed by atoms with E-state index >= 15 is 0 Å². The highest BCUT2D eigenvalue weighted by atomic mass is 35.5. The van der Waals surface area contributed by atoms with Gasteiger partial charge in [0.25, 0.3) is 17.4 Å². The zero-order chi connectivity index (χ0) is 22.1. The molecule has 0 bridgehead atoms. The highest BCUT2D eigenvalue weighted by Crippen LogP contribution is 2.40. The minimum atomic E-state index is -0.823. The molecule has 2 fully saturated rings. The lowest BCUT2D eigenvalue weighted by Gasteiger charge is -2.27. The Morgan fingerprint density at radius 3 is 2.42 bits per heavy atom.